The summed E-state index contributed by atoms with van der Waals surface area (Å²) in [5.41, 5.74) is 5.41. The number of rotatable bonds is 1. The molecule has 0 aliphatic carbocycles. The van der Waals surface area contributed by atoms with E-state index in [4.69, 9.17) is 28.5 Å². The lowest BCUT2D eigenvalue weighted by Gasteiger charge is -2.11. The minimum absolute atomic E-state index is 0.202. The first kappa shape index (κ1) is 8.01. The number of nitrogens with two attached hydrogens (primary N) is 1. The van der Waals surface area contributed by atoms with E-state index in [0.717, 1.165) is 0 Å². The zero-order chi connectivity index (χ0) is 7.72. The van der Waals surface area contributed by atoms with E-state index in [1.54, 1.807) is 0 Å². The first-order valence-corrected chi connectivity index (χ1v) is 3.12. The molecule has 1 unspecified atom stereocenters. The SMILES string of the molecule is [B]C1O[C@H](CO)[C@@H](N)[C@H]1O. The topological polar surface area (TPSA) is 75.7 Å². The molecule has 1 aliphatic rings. The van der Waals surface area contributed by atoms with Gasteiger partial charge in [0.2, 0.25) is 0 Å². The molecule has 0 spiro atoms. The minimum Gasteiger partial charge on any atom is -0.394 e. The van der Waals surface area contributed by atoms with Crippen molar-refractivity contribution < 1.29 is 14.9 Å². The van der Waals surface area contributed by atoms with Gasteiger partial charge in [-0.25, -0.2) is 0 Å². The summed E-state index contributed by atoms with van der Waals surface area (Å²) in [7, 11) is 5.27. The molecule has 0 aromatic heterocycles. The second-order valence-electron chi connectivity index (χ2n) is 2.39. The van der Waals surface area contributed by atoms with E-state index in [9.17, 15) is 0 Å². The van der Waals surface area contributed by atoms with E-state index < -0.39 is 24.3 Å². The molecule has 56 valence electrons. The standard InChI is InChI=1S/C5H10BNO3/c6-5-4(9)3(7)2(1-8)10-5/h2-5,8-9H,1,7H2/t2-,3-,4-,5?/m1/s1. The largest absolute Gasteiger partial charge is 0.394 e. The van der Waals surface area contributed by atoms with Crippen molar-refractivity contribution >= 4 is 7.85 Å². The van der Waals surface area contributed by atoms with Crippen molar-refractivity contribution in [1.82, 2.24) is 0 Å². The van der Waals surface area contributed by atoms with Gasteiger partial charge < -0.3 is 20.7 Å². The van der Waals surface area contributed by atoms with Gasteiger partial charge in [0.05, 0.1) is 24.9 Å². The van der Waals surface area contributed by atoms with Crippen LogP contribution in [0.1, 0.15) is 0 Å². The van der Waals surface area contributed by atoms with Gasteiger partial charge in [0.15, 0.2) is 0 Å². The van der Waals surface area contributed by atoms with Crippen molar-refractivity contribution in [2.75, 3.05) is 6.61 Å². The first-order chi connectivity index (χ1) is 4.66. The predicted molar refractivity (Wildman–Crippen MR) is 35.5 cm³/mol. The van der Waals surface area contributed by atoms with E-state index in [1.165, 1.54) is 0 Å². The van der Waals surface area contributed by atoms with Crippen LogP contribution in [0.25, 0.3) is 0 Å². The van der Waals surface area contributed by atoms with Gasteiger partial charge in [-0.3, -0.25) is 0 Å². The zero-order valence-corrected chi connectivity index (χ0v) is 5.47. The highest BCUT2D eigenvalue weighted by molar-refractivity contribution is 6.11. The number of hydrogen-bond acceptors (Lipinski definition) is 4. The molecular weight excluding hydrogens is 133 g/mol. The zero-order valence-electron chi connectivity index (χ0n) is 5.47. The average Bonchev–Trinajstić information content (AvgIpc) is 2.17. The van der Waals surface area contributed by atoms with Crippen LogP contribution < -0.4 is 5.73 Å². The molecule has 1 rings (SSSR count). The van der Waals surface area contributed by atoms with Gasteiger partial charge in [-0.05, 0) is 0 Å². The fraction of sp³-hybridized carbons (Fsp3) is 1.00. The number of aliphatic hydroxyl groups is 2. The van der Waals surface area contributed by atoms with Crippen LogP contribution in [-0.2, 0) is 4.74 Å². The lowest BCUT2D eigenvalue weighted by Crippen LogP contribution is -2.41. The average molecular weight is 143 g/mol. The molecule has 4 N–H and O–H groups in total. The van der Waals surface area contributed by atoms with Crippen LogP contribution in [0.4, 0.5) is 0 Å². The van der Waals surface area contributed by atoms with E-state index in [2.05, 4.69) is 0 Å². The Morgan fingerprint density at radius 2 is 2.20 bits per heavy atom. The Bertz CT molecular complexity index is 123. The molecule has 0 aromatic carbocycles. The van der Waals surface area contributed by atoms with E-state index in [0.29, 0.717) is 0 Å². The van der Waals surface area contributed by atoms with Crippen LogP contribution in [0.15, 0.2) is 0 Å². The molecular formula is C5H10BNO3. The van der Waals surface area contributed by atoms with Gasteiger partial charge >= 0.3 is 0 Å². The molecule has 0 bridgehead atoms. The summed E-state index contributed by atoms with van der Waals surface area (Å²) in [6, 6.07) is -1.33. The molecule has 1 saturated heterocycles. The molecule has 0 aromatic rings. The van der Waals surface area contributed by atoms with Crippen LogP contribution in [0.2, 0.25) is 0 Å². The Balaban J connectivity index is 2.53. The van der Waals surface area contributed by atoms with Gasteiger partial charge in [-0.2, -0.15) is 0 Å². The first-order valence-electron chi connectivity index (χ1n) is 3.12. The molecule has 10 heavy (non-hydrogen) atoms. The van der Waals surface area contributed by atoms with Crippen LogP contribution in [0, 0.1) is 0 Å². The molecule has 2 radical (unpaired) electrons. The van der Waals surface area contributed by atoms with Gasteiger partial charge in [0.25, 0.3) is 0 Å². The van der Waals surface area contributed by atoms with Gasteiger partial charge in [-0.15, -0.1) is 0 Å². The maximum atomic E-state index is 9.08. The summed E-state index contributed by atoms with van der Waals surface area (Å²) in [6.45, 7) is -0.202. The smallest absolute Gasteiger partial charge is 0.112 e. The molecule has 0 amide bonds. The number of ether oxygens (including phenoxy) is 1. The molecule has 1 heterocycles. The molecule has 5 heteroatoms. The maximum absolute atomic E-state index is 9.08. The second kappa shape index (κ2) is 2.88. The van der Waals surface area contributed by atoms with Crippen LogP contribution in [-0.4, -0.2) is 48.9 Å². The lowest BCUT2D eigenvalue weighted by molar-refractivity contribution is 0.0290. The number of aliphatic hydroxyl groups excluding tert-OH is 2. The summed E-state index contributed by atoms with van der Waals surface area (Å²) in [5.74, 6) is 0. The molecule has 1 aliphatic heterocycles. The van der Waals surface area contributed by atoms with E-state index in [-0.39, 0.29) is 6.61 Å². The minimum atomic E-state index is -0.864. The Labute approximate surface area is 60.4 Å². The summed E-state index contributed by atoms with van der Waals surface area (Å²) < 4.78 is 4.89. The van der Waals surface area contributed by atoms with Gasteiger partial charge in [0.1, 0.15) is 7.85 Å². The van der Waals surface area contributed by atoms with Crippen molar-refractivity contribution in [2.24, 2.45) is 5.73 Å². The Morgan fingerprint density at radius 1 is 1.60 bits per heavy atom. The summed E-state index contributed by atoms with van der Waals surface area (Å²) in [6.07, 6.45) is -1.39. The summed E-state index contributed by atoms with van der Waals surface area (Å²) in [5, 5.41) is 17.7. The normalized spacial score (nSPS) is 47.9. The highest BCUT2D eigenvalue weighted by Crippen LogP contribution is 2.16. The third-order valence-corrected chi connectivity index (χ3v) is 1.67. The molecule has 1 fully saturated rings. The van der Waals surface area contributed by atoms with Gasteiger partial charge in [0, 0.05) is 6.00 Å². The van der Waals surface area contributed by atoms with E-state index in [1.807, 2.05) is 0 Å². The highest BCUT2D eigenvalue weighted by atomic mass is 16.5. The third kappa shape index (κ3) is 1.18. The fourth-order valence-electron chi connectivity index (χ4n) is 0.977. The van der Waals surface area contributed by atoms with Crippen molar-refractivity contribution in [3.8, 4) is 0 Å². The van der Waals surface area contributed by atoms with Crippen LogP contribution >= 0.6 is 0 Å². The predicted octanol–water partition coefficient (Wildman–Crippen LogP) is -2.44. The van der Waals surface area contributed by atoms with Crippen molar-refractivity contribution in [2.45, 2.75) is 24.3 Å². The van der Waals surface area contributed by atoms with Crippen molar-refractivity contribution in [3.63, 3.8) is 0 Å². The van der Waals surface area contributed by atoms with Crippen molar-refractivity contribution in [1.29, 1.82) is 0 Å². The summed E-state index contributed by atoms with van der Waals surface area (Å²) >= 11 is 0. The fourth-order valence-corrected chi connectivity index (χ4v) is 0.977. The second-order valence-corrected chi connectivity index (χ2v) is 2.39. The van der Waals surface area contributed by atoms with E-state index >= 15 is 0 Å². The molecule has 4 nitrogen and oxygen atoms in total. The summed E-state index contributed by atoms with van der Waals surface area (Å²) in [4.78, 5) is 0. The van der Waals surface area contributed by atoms with Gasteiger partial charge in [-0.1, -0.05) is 0 Å². The lowest BCUT2D eigenvalue weighted by atomic mass is 9.92. The third-order valence-electron chi connectivity index (χ3n) is 1.67. The Hall–Kier alpha value is -0.0951. The monoisotopic (exact) mass is 143 g/mol. The maximum Gasteiger partial charge on any atom is 0.112 e. The molecule has 4 atom stereocenters. The highest BCUT2D eigenvalue weighted by Gasteiger charge is 2.37. The van der Waals surface area contributed by atoms with Crippen molar-refractivity contribution in [3.05, 3.63) is 0 Å². The van der Waals surface area contributed by atoms with Crippen LogP contribution in [0.3, 0.4) is 0 Å². The Morgan fingerprint density at radius 3 is 2.40 bits per heavy atom. The van der Waals surface area contributed by atoms with Crippen LogP contribution in [0.5, 0.6) is 0 Å². The number of hydrogen-bond donors (Lipinski definition) is 3. The quantitative estimate of drug-likeness (QED) is 0.356. The Kier molecular flexibility index (Phi) is 2.30. The molecule has 0 saturated carbocycles.